The molecule has 0 spiro atoms. The van der Waals surface area contributed by atoms with Gasteiger partial charge in [-0.3, -0.25) is 0 Å². The minimum Gasteiger partial charge on any atom is -0.444 e. The van der Waals surface area contributed by atoms with E-state index in [1.807, 2.05) is 0 Å². The number of rotatable bonds is 5. The molecule has 0 atom stereocenters. The molecule has 5 nitrogen and oxygen atoms in total. The Bertz CT molecular complexity index is 1110. The van der Waals surface area contributed by atoms with Crippen molar-refractivity contribution in [3.8, 4) is 11.1 Å². The summed E-state index contributed by atoms with van der Waals surface area (Å²) in [6, 6.07) is 14.0. The van der Waals surface area contributed by atoms with E-state index in [4.69, 9.17) is 4.74 Å². The first kappa shape index (κ1) is 20.0. The predicted molar refractivity (Wildman–Crippen MR) is 106 cm³/mol. The highest BCUT2D eigenvalue weighted by atomic mass is 32.2. The van der Waals surface area contributed by atoms with E-state index in [1.54, 1.807) is 37.3 Å². The number of carbonyl (C=O) groups excluding carboxylic acids is 1. The molecule has 2 aromatic carbocycles. The Morgan fingerprint density at radius 1 is 1.11 bits per heavy atom. The second kappa shape index (κ2) is 8.12. The Hall–Kier alpha value is -2.71. The summed E-state index contributed by atoms with van der Waals surface area (Å²) in [4.78, 5) is 12.1. The van der Waals surface area contributed by atoms with Gasteiger partial charge in [-0.2, -0.15) is 0 Å². The first-order chi connectivity index (χ1) is 13.4. The van der Waals surface area contributed by atoms with E-state index in [9.17, 15) is 17.6 Å². The van der Waals surface area contributed by atoms with Crippen molar-refractivity contribution in [1.82, 2.24) is 5.32 Å². The zero-order valence-electron chi connectivity index (χ0n) is 15.2. The second-order valence-electron chi connectivity index (χ2n) is 5.94. The molecule has 0 radical (unpaired) electrons. The van der Waals surface area contributed by atoms with Crippen molar-refractivity contribution in [3.05, 3.63) is 70.9 Å². The molecule has 1 N–H and O–H groups in total. The Morgan fingerprint density at radius 3 is 2.39 bits per heavy atom. The van der Waals surface area contributed by atoms with E-state index < -0.39 is 21.7 Å². The molecule has 3 rings (SSSR count). The first-order valence-electron chi connectivity index (χ1n) is 8.38. The van der Waals surface area contributed by atoms with E-state index >= 15 is 0 Å². The molecule has 0 unspecified atom stereocenters. The van der Waals surface area contributed by atoms with Crippen LogP contribution >= 0.6 is 11.3 Å². The highest BCUT2D eigenvalue weighted by Gasteiger charge is 2.29. The fraction of sp³-hybridized carbons (Fsp3) is 0.150. The molecule has 3 aromatic rings. The number of hydrogen-bond acceptors (Lipinski definition) is 5. The molecule has 1 amide bonds. The maximum Gasteiger partial charge on any atom is 0.407 e. The van der Waals surface area contributed by atoms with Crippen molar-refractivity contribution >= 4 is 27.3 Å². The highest BCUT2D eigenvalue weighted by molar-refractivity contribution is 7.93. The van der Waals surface area contributed by atoms with Gasteiger partial charge < -0.3 is 10.1 Å². The van der Waals surface area contributed by atoms with Crippen LogP contribution in [0, 0.1) is 12.7 Å². The predicted octanol–water partition coefficient (Wildman–Crippen LogP) is 4.55. The number of alkyl carbamates (subject to hydrolysis) is 1. The molecule has 0 aliphatic rings. The Kier molecular flexibility index (Phi) is 5.81. The summed E-state index contributed by atoms with van der Waals surface area (Å²) in [5.74, 6) is -0.522. The molecular formula is C20H18FNO4S2. The summed E-state index contributed by atoms with van der Waals surface area (Å²) in [7, 11) is -2.45. The molecule has 0 saturated carbocycles. The van der Waals surface area contributed by atoms with Gasteiger partial charge in [0.25, 0.3) is 0 Å². The van der Waals surface area contributed by atoms with Crippen molar-refractivity contribution in [2.75, 3.05) is 7.05 Å². The van der Waals surface area contributed by atoms with Crippen LogP contribution in [-0.4, -0.2) is 21.6 Å². The summed E-state index contributed by atoms with van der Waals surface area (Å²) in [6.07, 6.45) is -0.632. The minimum atomic E-state index is -3.88. The molecule has 0 saturated heterocycles. The summed E-state index contributed by atoms with van der Waals surface area (Å²) in [6.45, 7) is 1.59. The molecule has 0 fully saturated rings. The van der Waals surface area contributed by atoms with Crippen molar-refractivity contribution in [2.24, 2.45) is 0 Å². The number of ether oxygens (including phenoxy) is 1. The SMILES string of the molecule is CNC(=O)OCc1sc(S(=O)(=O)c2ccccc2)c(-c2ccccc2F)c1C. The fourth-order valence-electron chi connectivity index (χ4n) is 2.74. The number of amides is 1. The molecular weight excluding hydrogens is 401 g/mol. The van der Waals surface area contributed by atoms with Crippen molar-refractivity contribution in [2.45, 2.75) is 22.6 Å². The van der Waals surface area contributed by atoms with Crippen LogP contribution in [0.3, 0.4) is 0 Å². The third-order valence-corrected chi connectivity index (χ3v) is 7.75. The third kappa shape index (κ3) is 3.79. The van der Waals surface area contributed by atoms with E-state index in [0.29, 0.717) is 16.0 Å². The lowest BCUT2D eigenvalue weighted by molar-refractivity contribution is 0.143. The van der Waals surface area contributed by atoms with Crippen molar-refractivity contribution in [1.29, 1.82) is 0 Å². The largest absolute Gasteiger partial charge is 0.444 e. The third-order valence-electron chi connectivity index (χ3n) is 4.19. The van der Waals surface area contributed by atoms with Gasteiger partial charge in [0.1, 0.15) is 16.6 Å². The molecule has 0 aliphatic carbocycles. The van der Waals surface area contributed by atoms with Crippen LogP contribution in [0.4, 0.5) is 9.18 Å². The fourth-order valence-corrected chi connectivity index (χ4v) is 6.00. The number of benzene rings is 2. The van der Waals surface area contributed by atoms with Gasteiger partial charge in [-0.15, -0.1) is 11.3 Å². The maximum absolute atomic E-state index is 14.5. The van der Waals surface area contributed by atoms with Crippen LogP contribution in [0.25, 0.3) is 11.1 Å². The molecule has 1 heterocycles. The van der Waals surface area contributed by atoms with Crippen molar-refractivity contribution < 1.29 is 22.3 Å². The van der Waals surface area contributed by atoms with Gasteiger partial charge >= 0.3 is 6.09 Å². The molecule has 0 bridgehead atoms. The highest BCUT2D eigenvalue weighted by Crippen LogP contribution is 2.42. The number of hydrogen-bond donors (Lipinski definition) is 1. The summed E-state index contributed by atoms with van der Waals surface area (Å²) >= 11 is 0.984. The first-order valence-corrected chi connectivity index (χ1v) is 10.7. The van der Waals surface area contributed by atoms with Gasteiger partial charge in [0, 0.05) is 23.1 Å². The van der Waals surface area contributed by atoms with Crippen LogP contribution in [0.15, 0.2) is 63.7 Å². The zero-order chi connectivity index (χ0) is 20.3. The van der Waals surface area contributed by atoms with Crippen LogP contribution < -0.4 is 5.32 Å². The summed E-state index contributed by atoms with van der Waals surface area (Å²) in [5.41, 5.74) is 1.05. The number of nitrogens with one attached hydrogen (secondary N) is 1. The normalized spacial score (nSPS) is 11.2. The van der Waals surface area contributed by atoms with E-state index in [0.717, 1.165) is 11.3 Å². The average molecular weight is 419 g/mol. The quantitative estimate of drug-likeness (QED) is 0.658. The number of sulfone groups is 1. The van der Waals surface area contributed by atoms with E-state index in [1.165, 1.54) is 31.3 Å². The minimum absolute atomic E-state index is 0.0248. The van der Waals surface area contributed by atoms with Gasteiger partial charge in [0.2, 0.25) is 9.84 Å². The summed E-state index contributed by atoms with van der Waals surface area (Å²) in [5, 5.41) is 2.34. The van der Waals surface area contributed by atoms with Crippen LogP contribution in [0.1, 0.15) is 10.4 Å². The molecule has 1 aromatic heterocycles. The number of thiophene rings is 1. The Morgan fingerprint density at radius 2 is 1.75 bits per heavy atom. The Labute approximate surface area is 166 Å². The smallest absolute Gasteiger partial charge is 0.407 e. The topological polar surface area (TPSA) is 72.5 Å². The lowest BCUT2D eigenvalue weighted by Crippen LogP contribution is -2.18. The van der Waals surface area contributed by atoms with E-state index in [2.05, 4.69) is 5.32 Å². The van der Waals surface area contributed by atoms with Gasteiger partial charge in [-0.1, -0.05) is 36.4 Å². The van der Waals surface area contributed by atoms with Crippen LogP contribution in [-0.2, 0) is 21.2 Å². The van der Waals surface area contributed by atoms with Crippen molar-refractivity contribution in [3.63, 3.8) is 0 Å². The van der Waals surface area contributed by atoms with Gasteiger partial charge in [0.05, 0.1) is 4.90 Å². The second-order valence-corrected chi connectivity index (χ2v) is 9.19. The Balaban J connectivity index is 2.21. The standard InChI is InChI=1S/C20H18FNO4S2/c1-13-17(12-26-20(23)22-2)27-19(18(13)15-10-6-7-11-16(15)21)28(24,25)14-8-4-3-5-9-14/h3-11H,12H2,1-2H3,(H,22,23). The molecule has 28 heavy (non-hydrogen) atoms. The van der Waals surface area contributed by atoms with Crippen LogP contribution in [0.5, 0.6) is 0 Å². The van der Waals surface area contributed by atoms with Gasteiger partial charge in [0.15, 0.2) is 0 Å². The lowest BCUT2D eigenvalue weighted by Gasteiger charge is -2.08. The molecule has 146 valence electrons. The summed E-state index contributed by atoms with van der Waals surface area (Å²) < 4.78 is 46.2. The molecule has 8 heteroatoms. The van der Waals surface area contributed by atoms with Crippen LogP contribution in [0.2, 0.25) is 0 Å². The lowest BCUT2D eigenvalue weighted by atomic mass is 10.0. The van der Waals surface area contributed by atoms with E-state index in [-0.39, 0.29) is 21.3 Å². The van der Waals surface area contributed by atoms with Gasteiger partial charge in [-0.05, 0) is 30.7 Å². The number of carbonyl (C=O) groups is 1. The van der Waals surface area contributed by atoms with Gasteiger partial charge in [-0.25, -0.2) is 17.6 Å². The zero-order valence-corrected chi connectivity index (χ0v) is 16.9. The monoisotopic (exact) mass is 419 g/mol. The molecule has 0 aliphatic heterocycles. The maximum atomic E-state index is 14.5. The average Bonchev–Trinajstić information content (AvgIpc) is 3.04. The number of halogens is 1.